The van der Waals surface area contributed by atoms with Crippen molar-refractivity contribution in [2.45, 2.75) is 6.92 Å². The number of benzene rings is 2. The number of carbonyl (C=O) groups is 1. The number of nitrogens with one attached hydrogen (secondary N) is 1. The zero-order valence-corrected chi connectivity index (χ0v) is 14.2. The molecule has 1 aliphatic heterocycles. The lowest BCUT2D eigenvalue weighted by molar-refractivity contribution is -0.115. The van der Waals surface area contributed by atoms with Crippen molar-refractivity contribution in [1.29, 1.82) is 0 Å². The van der Waals surface area contributed by atoms with Gasteiger partial charge in [-0.25, -0.2) is 4.99 Å². The molecule has 0 saturated carbocycles. The number of thioether (sulfide) groups is 1. The molecule has 0 aliphatic carbocycles. The molecule has 122 valence electrons. The number of aromatic nitrogens is 2. The van der Waals surface area contributed by atoms with Crippen molar-refractivity contribution in [3.8, 4) is 0 Å². The molecule has 0 radical (unpaired) electrons. The molecular weight excluding hydrogens is 332 g/mol. The second-order valence-corrected chi connectivity index (χ2v) is 6.60. The Morgan fingerprint density at radius 1 is 1.08 bits per heavy atom. The monoisotopic (exact) mass is 346 g/mol. The molecule has 1 saturated heterocycles. The van der Waals surface area contributed by atoms with Crippen molar-refractivity contribution in [2.24, 2.45) is 4.99 Å². The SMILES string of the molecule is Cc1ccccc1N=C1NC(=O)/C(=C/c2ccc3nccnc3c2)S1. The molecule has 1 fully saturated rings. The molecule has 5 nitrogen and oxygen atoms in total. The predicted molar refractivity (Wildman–Crippen MR) is 102 cm³/mol. The van der Waals surface area contributed by atoms with E-state index in [1.165, 1.54) is 11.8 Å². The summed E-state index contributed by atoms with van der Waals surface area (Å²) in [7, 11) is 0. The van der Waals surface area contributed by atoms with Crippen LogP contribution < -0.4 is 5.32 Å². The molecule has 3 aromatic rings. The standard InChI is InChI=1S/C19H14N4OS/c1-12-4-2-3-5-14(12)22-19-23-18(24)17(25-19)11-13-6-7-15-16(10-13)21-9-8-20-15/h2-11H,1H3,(H,22,23,24)/b17-11-. The number of para-hydroxylation sites is 1. The largest absolute Gasteiger partial charge is 0.300 e. The van der Waals surface area contributed by atoms with Crippen LogP contribution in [0, 0.1) is 6.92 Å². The van der Waals surface area contributed by atoms with Crippen molar-refractivity contribution >= 4 is 45.6 Å². The summed E-state index contributed by atoms with van der Waals surface area (Å²) < 4.78 is 0. The van der Waals surface area contributed by atoms with Gasteiger partial charge in [-0.3, -0.25) is 14.8 Å². The Bertz CT molecular complexity index is 1040. The number of fused-ring (bicyclic) bond motifs is 1. The van der Waals surface area contributed by atoms with Crippen molar-refractivity contribution in [3.63, 3.8) is 0 Å². The third-order valence-corrected chi connectivity index (χ3v) is 4.69. The first-order chi connectivity index (χ1) is 12.2. The molecule has 2 aromatic carbocycles. The maximum absolute atomic E-state index is 12.2. The third kappa shape index (κ3) is 3.29. The average Bonchev–Trinajstić information content (AvgIpc) is 2.96. The first-order valence-corrected chi connectivity index (χ1v) is 8.57. The molecule has 1 amide bonds. The fourth-order valence-corrected chi connectivity index (χ4v) is 3.34. The number of rotatable bonds is 2. The molecule has 1 aliphatic rings. The van der Waals surface area contributed by atoms with E-state index in [0.29, 0.717) is 10.1 Å². The number of amides is 1. The van der Waals surface area contributed by atoms with Gasteiger partial charge in [0.25, 0.3) is 5.91 Å². The van der Waals surface area contributed by atoms with E-state index in [9.17, 15) is 4.79 Å². The van der Waals surface area contributed by atoms with Crippen LogP contribution >= 0.6 is 11.8 Å². The van der Waals surface area contributed by atoms with Crippen molar-refractivity contribution in [1.82, 2.24) is 15.3 Å². The highest BCUT2D eigenvalue weighted by Crippen LogP contribution is 2.29. The molecule has 0 atom stereocenters. The quantitative estimate of drug-likeness (QED) is 0.716. The second kappa shape index (κ2) is 6.49. The van der Waals surface area contributed by atoms with Gasteiger partial charge in [-0.15, -0.1) is 0 Å². The van der Waals surface area contributed by atoms with Gasteiger partial charge in [-0.2, -0.15) is 0 Å². The van der Waals surface area contributed by atoms with E-state index < -0.39 is 0 Å². The van der Waals surface area contributed by atoms with Gasteiger partial charge in [0.1, 0.15) is 0 Å². The number of aliphatic imine (C=N–C) groups is 1. The summed E-state index contributed by atoms with van der Waals surface area (Å²) >= 11 is 1.34. The lowest BCUT2D eigenvalue weighted by atomic mass is 10.2. The van der Waals surface area contributed by atoms with Gasteiger partial charge in [0.05, 0.1) is 21.6 Å². The van der Waals surface area contributed by atoms with E-state index in [0.717, 1.165) is 27.8 Å². The summed E-state index contributed by atoms with van der Waals surface area (Å²) in [5.74, 6) is -0.142. The normalized spacial score (nSPS) is 17.4. The second-order valence-electron chi connectivity index (χ2n) is 5.57. The fraction of sp³-hybridized carbons (Fsp3) is 0.0526. The maximum Gasteiger partial charge on any atom is 0.264 e. The minimum absolute atomic E-state index is 0.142. The summed E-state index contributed by atoms with van der Waals surface area (Å²) in [6.07, 6.45) is 5.16. The van der Waals surface area contributed by atoms with Crippen molar-refractivity contribution in [3.05, 3.63) is 70.9 Å². The molecule has 1 N–H and O–H groups in total. The number of hydrogen-bond donors (Lipinski definition) is 1. The van der Waals surface area contributed by atoms with Crippen LogP contribution in [0.4, 0.5) is 5.69 Å². The van der Waals surface area contributed by atoms with Crippen LogP contribution in [-0.4, -0.2) is 21.0 Å². The van der Waals surface area contributed by atoms with Crippen LogP contribution in [0.15, 0.2) is 64.8 Å². The summed E-state index contributed by atoms with van der Waals surface area (Å²) in [6.45, 7) is 1.99. The number of nitrogens with zero attached hydrogens (tertiary/aromatic N) is 3. The highest BCUT2D eigenvalue weighted by molar-refractivity contribution is 8.18. The Morgan fingerprint density at radius 3 is 2.72 bits per heavy atom. The molecule has 4 rings (SSSR count). The highest BCUT2D eigenvalue weighted by Gasteiger charge is 2.23. The summed E-state index contributed by atoms with van der Waals surface area (Å²) in [4.78, 5) is 25.9. The van der Waals surface area contributed by atoms with E-state index in [4.69, 9.17) is 0 Å². The number of aryl methyl sites for hydroxylation is 1. The smallest absolute Gasteiger partial charge is 0.264 e. The maximum atomic E-state index is 12.2. The first-order valence-electron chi connectivity index (χ1n) is 7.75. The van der Waals surface area contributed by atoms with E-state index in [2.05, 4.69) is 20.3 Å². The van der Waals surface area contributed by atoms with E-state index in [-0.39, 0.29) is 5.91 Å². The van der Waals surface area contributed by atoms with Gasteiger partial charge in [-0.1, -0.05) is 24.3 Å². The topological polar surface area (TPSA) is 67.2 Å². The molecule has 0 bridgehead atoms. The van der Waals surface area contributed by atoms with E-state index in [1.807, 2.05) is 55.5 Å². The Balaban J connectivity index is 1.63. The molecule has 2 heterocycles. The lowest BCUT2D eigenvalue weighted by Crippen LogP contribution is -2.19. The third-order valence-electron chi connectivity index (χ3n) is 3.78. The van der Waals surface area contributed by atoms with Crippen molar-refractivity contribution < 1.29 is 4.79 Å². The average molecular weight is 346 g/mol. The van der Waals surface area contributed by atoms with Crippen LogP contribution in [0.1, 0.15) is 11.1 Å². The highest BCUT2D eigenvalue weighted by atomic mass is 32.2. The Kier molecular flexibility index (Phi) is 4.03. The van der Waals surface area contributed by atoms with Crippen LogP contribution in [0.2, 0.25) is 0 Å². The van der Waals surface area contributed by atoms with Gasteiger partial charge in [-0.05, 0) is 54.1 Å². The lowest BCUT2D eigenvalue weighted by Gasteiger charge is -2.00. The van der Waals surface area contributed by atoms with Crippen LogP contribution in [0.5, 0.6) is 0 Å². The van der Waals surface area contributed by atoms with Crippen LogP contribution in [-0.2, 0) is 4.79 Å². The molecule has 0 spiro atoms. The summed E-state index contributed by atoms with van der Waals surface area (Å²) in [5.41, 5.74) is 4.45. The fourth-order valence-electron chi connectivity index (χ4n) is 2.50. The molecule has 0 unspecified atom stereocenters. The molecule has 1 aromatic heterocycles. The zero-order chi connectivity index (χ0) is 17.2. The number of amidine groups is 1. The zero-order valence-electron chi connectivity index (χ0n) is 13.4. The Morgan fingerprint density at radius 2 is 1.88 bits per heavy atom. The van der Waals surface area contributed by atoms with E-state index >= 15 is 0 Å². The number of hydrogen-bond acceptors (Lipinski definition) is 5. The summed E-state index contributed by atoms with van der Waals surface area (Å²) in [6, 6.07) is 13.6. The van der Waals surface area contributed by atoms with Crippen LogP contribution in [0.25, 0.3) is 17.1 Å². The number of carbonyl (C=O) groups excluding carboxylic acids is 1. The van der Waals surface area contributed by atoms with Gasteiger partial charge in [0, 0.05) is 12.4 Å². The minimum Gasteiger partial charge on any atom is -0.300 e. The predicted octanol–water partition coefficient (Wildman–Crippen LogP) is 3.83. The van der Waals surface area contributed by atoms with Crippen molar-refractivity contribution in [2.75, 3.05) is 0 Å². The van der Waals surface area contributed by atoms with Gasteiger partial charge in [0.15, 0.2) is 5.17 Å². The molecule has 25 heavy (non-hydrogen) atoms. The van der Waals surface area contributed by atoms with Gasteiger partial charge in [0.2, 0.25) is 0 Å². The molecular formula is C19H14N4OS. The van der Waals surface area contributed by atoms with Crippen LogP contribution in [0.3, 0.4) is 0 Å². The molecule has 6 heteroatoms. The summed E-state index contributed by atoms with van der Waals surface area (Å²) in [5, 5.41) is 3.40. The Labute approximate surface area is 148 Å². The first kappa shape index (κ1) is 15.5. The minimum atomic E-state index is -0.142. The Hall–Kier alpha value is -2.99. The van der Waals surface area contributed by atoms with Gasteiger partial charge < -0.3 is 5.32 Å². The van der Waals surface area contributed by atoms with E-state index in [1.54, 1.807) is 12.4 Å². The van der Waals surface area contributed by atoms with Gasteiger partial charge >= 0.3 is 0 Å².